The molecule has 0 spiro atoms. The van der Waals surface area contributed by atoms with Gasteiger partial charge in [0.05, 0.1) is 0 Å². The average molecular weight is 605 g/mol. The van der Waals surface area contributed by atoms with Crippen molar-refractivity contribution in [2.24, 2.45) is 4.74 Å². The average Bonchev–Trinajstić information content (AvgIpc) is 3.03. The molecule has 0 radical (unpaired) electrons. The Morgan fingerprint density at radius 3 is 1.24 bits per heavy atom. The van der Waals surface area contributed by atoms with Gasteiger partial charge in [0, 0.05) is 19.0 Å². The maximum absolute atomic E-state index is 15.5. The standard InChI is InChI=1S/C32H22F4N2P2S/c33-28-27(21-37)29(34)31(36)32(30(28)35)38-39(23-13-5-1-6-14-23,24-15-7-2-8-16-24)22-40(41,25-17-9-3-10-18-25)26-19-11-4-12-20-26/h1-20H,22H2. The molecular formula is C32H22F4N2P2S. The van der Waals surface area contributed by atoms with Crippen molar-refractivity contribution in [1.82, 2.24) is 0 Å². The van der Waals surface area contributed by atoms with Gasteiger partial charge in [-0.1, -0.05) is 133 Å². The maximum atomic E-state index is 15.5. The highest BCUT2D eigenvalue weighted by Crippen LogP contribution is 2.63. The third-order valence-corrected chi connectivity index (χ3v) is 17.4. The molecule has 0 N–H and O–H groups in total. The second-order valence-corrected chi connectivity index (χ2v) is 17.5. The lowest BCUT2D eigenvalue weighted by molar-refractivity contribution is 0.454. The van der Waals surface area contributed by atoms with Gasteiger partial charge in [0.1, 0.15) is 17.3 Å². The smallest absolute Gasteiger partial charge is 0.188 e. The number of hydrogen-bond acceptors (Lipinski definition) is 3. The molecule has 9 heteroatoms. The molecule has 0 bridgehead atoms. The summed E-state index contributed by atoms with van der Waals surface area (Å²) in [6.07, 6.45) is 0. The van der Waals surface area contributed by atoms with Crippen molar-refractivity contribution in [2.75, 3.05) is 5.90 Å². The first-order valence-electron chi connectivity index (χ1n) is 12.5. The zero-order chi connectivity index (χ0) is 29.0. The van der Waals surface area contributed by atoms with Crippen LogP contribution in [0.2, 0.25) is 0 Å². The normalized spacial score (nSPS) is 11.6. The first kappa shape index (κ1) is 28.7. The van der Waals surface area contributed by atoms with Crippen LogP contribution in [0.3, 0.4) is 0 Å². The highest BCUT2D eigenvalue weighted by molar-refractivity contribution is 8.25. The van der Waals surface area contributed by atoms with Crippen LogP contribution in [-0.4, -0.2) is 5.90 Å². The van der Waals surface area contributed by atoms with E-state index in [0.29, 0.717) is 10.6 Å². The Balaban J connectivity index is 1.95. The van der Waals surface area contributed by atoms with E-state index >= 15 is 8.78 Å². The highest BCUT2D eigenvalue weighted by atomic mass is 32.4. The van der Waals surface area contributed by atoms with E-state index in [1.54, 1.807) is 60.7 Å². The Labute approximate surface area is 241 Å². The van der Waals surface area contributed by atoms with Gasteiger partial charge < -0.3 is 0 Å². The zero-order valence-electron chi connectivity index (χ0n) is 21.5. The molecule has 0 atom stereocenters. The maximum Gasteiger partial charge on any atom is 0.188 e. The predicted octanol–water partition coefficient (Wildman–Crippen LogP) is 7.69. The van der Waals surface area contributed by atoms with Crippen LogP contribution < -0.4 is 21.2 Å². The fourth-order valence-corrected chi connectivity index (χ4v) is 16.1. The summed E-state index contributed by atoms with van der Waals surface area (Å²) in [4.78, 5) is 0. The minimum absolute atomic E-state index is 0.166. The van der Waals surface area contributed by atoms with Crippen molar-refractivity contribution in [2.45, 2.75) is 0 Å². The first-order valence-corrected chi connectivity index (χ1v) is 17.4. The summed E-state index contributed by atoms with van der Waals surface area (Å²) < 4.78 is 65.5. The van der Waals surface area contributed by atoms with E-state index in [9.17, 15) is 8.78 Å². The minimum Gasteiger partial charge on any atom is -0.252 e. The van der Waals surface area contributed by atoms with Crippen molar-refractivity contribution in [1.29, 1.82) is 5.26 Å². The van der Waals surface area contributed by atoms with Crippen molar-refractivity contribution >= 4 is 51.8 Å². The second kappa shape index (κ2) is 12.0. The van der Waals surface area contributed by atoms with Crippen molar-refractivity contribution < 1.29 is 17.6 Å². The largest absolute Gasteiger partial charge is 0.252 e. The summed E-state index contributed by atoms with van der Waals surface area (Å²) in [5, 5.41) is 12.1. The summed E-state index contributed by atoms with van der Waals surface area (Å²) >= 11 is 6.56. The van der Waals surface area contributed by atoms with E-state index in [4.69, 9.17) is 21.8 Å². The van der Waals surface area contributed by atoms with Crippen LogP contribution in [0.5, 0.6) is 0 Å². The van der Waals surface area contributed by atoms with Crippen LogP contribution in [0.1, 0.15) is 5.56 Å². The SMILES string of the molecule is N#Cc1c(F)c(F)c(N=P(CP(=S)(c2ccccc2)c2ccccc2)(c2ccccc2)c2ccccc2)c(F)c1F. The molecular weight excluding hydrogens is 582 g/mol. The van der Waals surface area contributed by atoms with E-state index in [-0.39, 0.29) is 5.90 Å². The molecule has 0 heterocycles. The molecule has 0 aromatic heterocycles. The monoisotopic (exact) mass is 604 g/mol. The van der Waals surface area contributed by atoms with Gasteiger partial charge >= 0.3 is 0 Å². The summed E-state index contributed by atoms with van der Waals surface area (Å²) in [6.45, 7) is 0. The van der Waals surface area contributed by atoms with Crippen molar-refractivity contribution in [3.63, 3.8) is 0 Å². The molecule has 0 fully saturated rings. The van der Waals surface area contributed by atoms with Gasteiger partial charge in [-0.05, 0) is 21.2 Å². The molecule has 0 aliphatic rings. The van der Waals surface area contributed by atoms with Gasteiger partial charge in [-0.2, -0.15) is 5.26 Å². The molecule has 5 aromatic carbocycles. The predicted molar refractivity (Wildman–Crippen MR) is 163 cm³/mol. The Hall–Kier alpha value is -3.81. The summed E-state index contributed by atoms with van der Waals surface area (Å²) in [6, 6.07) is 35.4. The molecule has 0 saturated heterocycles. The Morgan fingerprint density at radius 1 is 0.561 bits per heavy atom. The van der Waals surface area contributed by atoms with Crippen LogP contribution in [-0.2, 0) is 11.8 Å². The van der Waals surface area contributed by atoms with E-state index < -0.39 is 47.6 Å². The Morgan fingerprint density at radius 2 is 0.902 bits per heavy atom. The van der Waals surface area contributed by atoms with Gasteiger partial charge in [-0.25, -0.2) is 17.6 Å². The first-order chi connectivity index (χ1) is 19.8. The summed E-state index contributed by atoms with van der Waals surface area (Å²) in [5.41, 5.74) is -2.43. The van der Waals surface area contributed by atoms with Crippen molar-refractivity contribution in [3.05, 3.63) is 150 Å². The Bertz CT molecular complexity index is 1730. The highest BCUT2D eigenvalue weighted by Gasteiger charge is 2.36. The van der Waals surface area contributed by atoms with E-state index in [0.717, 1.165) is 10.6 Å². The molecule has 0 saturated carbocycles. The quantitative estimate of drug-likeness (QED) is 0.109. The molecule has 5 aromatic rings. The Kier molecular flexibility index (Phi) is 8.38. The molecule has 0 amide bonds. The fourth-order valence-electron chi connectivity index (χ4n) is 4.72. The second-order valence-electron chi connectivity index (χ2n) is 9.18. The number of rotatable bonds is 7. The third-order valence-electron chi connectivity index (χ3n) is 6.74. The lowest BCUT2D eigenvalue weighted by atomic mass is 10.1. The molecule has 0 aliphatic heterocycles. The lowest BCUT2D eigenvalue weighted by Gasteiger charge is -2.33. The number of benzene rings is 5. The molecule has 0 unspecified atom stereocenters. The molecule has 5 rings (SSSR count). The van der Waals surface area contributed by atoms with Gasteiger partial charge in [-0.15, -0.1) is 0 Å². The van der Waals surface area contributed by atoms with Crippen molar-refractivity contribution in [3.8, 4) is 6.07 Å². The van der Waals surface area contributed by atoms with Gasteiger partial charge in [0.15, 0.2) is 23.3 Å². The molecule has 2 nitrogen and oxygen atoms in total. The number of halogens is 4. The third kappa shape index (κ3) is 5.32. The van der Waals surface area contributed by atoms with Gasteiger partial charge in [0.2, 0.25) is 0 Å². The van der Waals surface area contributed by atoms with Crippen LogP contribution in [0.15, 0.2) is 126 Å². The van der Waals surface area contributed by atoms with E-state index in [1.807, 2.05) is 60.7 Å². The summed E-state index contributed by atoms with van der Waals surface area (Å²) in [7, 11) is -3.32. The van der Waals surface area contributed by atoms with Crippen LogP contribution >= 0.6 is 13.1 Å². The minimum atomic E-state index is -3.32. The topological polar surface area (TPSA) is 36.1 Å². The van der Waals surface area contributed by atoms with Gasteiger partial charge in [0.25, 0.3) is 0 Å². The number of nitriles is 1. The number of hydrogen-bond donors (Lipinski definition) is 0. The van der Waals surface area contributed by atoms with Crippen LogP contribution in [0.25, 0.3) is 0 Å². The van der Waals surface area contributed by atoms with Crippen LogP contribution in [0.4, 0.5) is 23.2 Å². The molecule has 41 heavy (non-hydrogen) atoms. The lowest BCUT2D eigenvalue weighted by Crippen LogP contribution is -2.25. The van der Waals surface area contributed by atoms with E-state index in [1.165, 1.54) is 6.07 Å². The number of nitrogens with zero attached hydrogens (tertiary/aromatic N) is 2. The van der Waals surface area contributed by atoms with Gasteiger partial charge in [-0.3, -0.25) is 4.74 Å². The molecule has 204 valence electrons. The van der Waals surface area contributed by atoms with E-state index in [2.05, 4.69) is 0 Å². The fraction of sp³-hybridized carbons (Fsp3) is 0.0312. The summed E-state index contributed by atoms with van der Waals surface area (Å²) in [5.74, 6) is -6.84. The molecule has 0 aliphatic carbocycles. The van der Waals surface area contributed by atoms with Crippen LogP contribution in [0, 0.1) is 34.6 Å². The zero-order valence-corrected chi connectivity index (χ0v) is 24.1.